The van der Waals surface area contributed by atoms with Crippen LogP contribution >= 0.6 is 0 Å². The van der Waals surface area contributed by atoms with E-state index < -0.39 is 5.95 Å². The van der Waals surface area contributed by atoms with Gasteiger partial charge in [0.25, 0.3) is 0 Å². The highest BCUT2D eigenvalue weighted by molar-refractivity contribution is 5.76. The number of hydrogen-bond donors (Lipinski definition) is 0. The Labute approximate surface area is 62.7 Å². The van der Waals surface area contributed by atoms with E-state index in [0.717, 1.165) is 5.39 Å². The molecule has 0 bridgehead atoms. The van der Waals surface area contributed by atoms with Gasteiger partial charge < -0.3 is 0 Å². The molecule has 11 heavy (non-hydrogen) atoms. The van der Waals surface area contributed by atoms with Gasteiger partial charge in [-0.15, -0.1) is 0 Å². The van der Waals surface area contributed by atoms with Crippen molar-refractivity contribution < 1.29 is 4.39 Å². The third-order valence-corrected chi connectivity index (χ3v) is 1.45. The highest BCUT2D eigenvalue weighted by atomic mass is 19.1. The van der Waals surface area contributed by atoms with E-state index in [9.17, 15) is 4.39 Å². The minimum Gasteiger partial charge on any atom is -0.256 e. The normalized spacial score (nSPS) is 10.3. The molecule has 2 rings (SSSR count). The Morgan fingerprint density at radius 1 is 1.27 bits per heavy atom. The average Bonchev–Trinajstić information content (AvgIpc) is 2.04. The van der Waals surface area contributed by atoms with Crippen LogP contribution in [0.1, 0.15) is 0 Å². The van der Waals surface area contributed by atoms with Gasteiger partial charge in [0.2, 0.25) is 5.95 Å². The highest BCUT2D eigenvalue weighted by Gasteiger charge is 1.94. The van der Waals surface area contributed by atoms with Crippen molar-refractivity contribution in [3.05, 3.63) is 36.5 Å². The second kappa shape index (κ2) is 2.27. The minimum absolute atomic E-state index is 0.490. The number of aromatic nitrogens is 2. The van der Waals surface area contributed by atoms with Crippen molar-refractivity contribution in [2.75, 3.05) is 0 Å². The topological polar surface area (TPSA) is 25.8 Å². The van der Waals surface area contributed by atoms with Crippen LogP contribution in [0, 0.1) is 5.95 Å². The van der Waals surface area contributed by atoms with Gasteiger partial charge in [-0.2, -0.15) is 4.39 Å². The van der Waals surface area contributed by atoms with Gasteiger partial charge in [0, 0.05) is 23.8 Å². The average molecular weight is 148 g/mol. The van der Waals surface area contributed by atoms with Gasteiger partial charge >= 0.3 is 0 Å². The Kier molecular flexibility index (Phi) is 1.28. The molecule has 0 spiro atoms. The van der Waals surface area contributed by atoms with E-state index in [4.69, 9.17) is 0 Å². The maximum atomic E-state index is 12.5. The van der Waals surface area contributed by atoms with E-state index in [1.54, 1.807) is 12.3 Å². The molecule has 0 atom stereocenters. The first-order valence-corrected chi connectivity index (χ1v) is 3.22. The zero-order valence-electron chi connectivity index (χ0n) is 5.66. The lowest BCUT2D eigenvalue weighted by molar-refractivity contribution is 0.586. The first-order valence-electron chi connectivity index (χ1n) is 3.22. The molecule has 0 aliphatic rings. The van der Waals surface area contributed by atoms with Crippen molar-refractivity contribution in [1.29, 1.82) is 0 Å². The van der Waals surface area contributed by atoms with Crippen molar-refractivity contribution in [3.8, 4) is 0 Å². The smallest absolute Gasteiger partial charge is 0.214 e. The fourth-order valence-corrected chi connectivity index (χ4v) is 0.941. The number of halogens is 1. The molecule has 0 radical (unpaired) electrons. The molecule has 0 N–H and O–H groups in total. The summed E-state index contributed by atoms with van der Waals surface area (Å²) in [6.07, 6.45) is 3.10. The molecule has 0 unspecified atom stereocenters. The summed E-state index contributed by atoms with van der Waals surface area (Å²) >= 11 is 0. The standard InChI is InChI=1S/C8H5FN2/c9-8-4-7-6(5-11-8)2-1-3-10-7/h1-5H. The number of hydrogen-bond acceptors (Lipinski definition) is 2. The maximum absolute atomic E-state index is 12.5. The van der Waals surface area contributed by atoms with Gasteiger partial charge in [-0.25, -0.2) is 4.98 Å². The number of fused-ring (bicyclic) bond motifs is 1. The zero-order chi connectivity index (χ0) is 7.68. The molecule has 2 nitrogen and oxygen atoms in total. The van der Waals surface area contributed by atoms with E-state index in [0.29, 0.717) is 5.52 Å². The van der Waals surface area contributed by atoms with Gasteiger partial charge in [-0.3, -0.25) is 4.98 Å². The fourth-order valence-electron chi connectivity index (χ4n) is 0.941. The van der Waals surface area contributed by atoms with E-state index in [1.165, 1.54) is 12.3 Å². The summed E-state index contributed by atoms with van der Waals surface area (Å²) in [7, 11) is 0. The third-order valence-electron chi connectivity index (χ3n) is 1.45. The lowest BCUT2D eigenvalue weighted by atomic mass is 10.3. The molecule has 2 heterocycles. The number of rotatable bonds is 0. The summed E-state index contributed by atoms with van der Waals surface area (Å²) in [5.41, 5.74) is 0.639. The Hall–Kier alpha value is -1.51. The molecular formula is C8H5FN2. The summed E-state index contributed by atoms with van der Waals surface area (Å²) in [6.45, 7) is 0. The van der Waals surface area contributed by atoms with Gasteiger partial charge in [-0.05, 0) is 12.1 Å². The van der Waals surface area contributed by atoms with E-state index in [2.05, 4.69) is 9.97 Å². The molecule has 0 aliphatic carbocycles. The van der Waals surface area contributed by atoms with Crippen molar-refractivity contribution in [2.45, 2.75) is 0 Å². The van der Waals surface area contributed by atoms with Gasteiger partial charge in [0.15, 0.2) is 0 Å². The lowest BCUT2D eigenvalue weighted by Crippen LogP contribution is -1.83. The molecule has 0 aromatic carbocycles. The van der Waals surface area contributed by atoms with E-state index in [-0.39, 0.29) is 0 Å². The molecule has 54 valence electrons. The predicted octanol–water partition coefficient (Wildman–Crippen LogP) is 1.77. The second-order valence-electron chi connectivity index (χ2n) is 2.20. The van der Waals surface area contributed by atoms with Crippen LogP contribution < -0.4 is 0 Å². The third kappa shape index (κ3) is 1.05. The molecule has 2 aromatic rings. The van der Waals surface area contributed by atoms with Crippen LogP contribution in [0.25, 0.3) is 10.9 Å². The first kappa shape index (κ1) is 6.22. The summed E-state index contributed by atoms with van der Waals surface area (Å²) in [6, 6.07) is 4.95. The second-order valence-corrected chi connectivity index (χ2v) is 2.20. The van der Waals surface area contributed by atoms with Gasteiger partial charge in [0.1, 0.15) is 0 Å². The summed E-state index contributed by atoms with van der Waals surface area (Å²) < 4.78 is 12.5. The Morgan fingerprint density at radius 2 is 2.18 bits per heavy atom. The monoisotopic (exact) mass is 148 g/mol. The van der Waals surface area contributed by atoms with Crippen molar-refractivity contribution in [3.63, 3.8) is 0 Å². The first-order chi connectivity index (χ1) is 5.36. The largest absolute Gasteiger partial charge is 0.256 e. The fraction of sp³-hybridized carbons (Fsp3) is 0. The van der Waals surface area contributed by atoms with Crippen LogP contribution in [0.2, 0.25) is 0 Å². The minimum atomic E-state index is -0.490. The van der Waals surface area contributed by atoms with Crippen LogP contribution in [0.3, 0.4) is 0 Å². The summed E-state index contributed by atoms with van der Waals surface area (Å²) in [5, 5.41) is 0.855. The van der Waals surface area contributed by atoms with Crippen molar-refractivity contribution in [1.82, 2.24) is 9.97 Å². The van der Waals surface area contributed by atoms with Crippen molar-refractivity contribution >= 4 is 10.9 Å². The molecule has 0 fully saturated rings. The Bertz CT molecular complexity index is 387. The quantitative estimate of drug-likeness (QED) is 0.532. The molecule has 0 saturated carbocycles. The van der Waals surface area contributed by atoms with Gasteiger partial charge in [-0.1, -0.05) is 0 Å². The molecular weight excluding hydrogens is 143 g/mol. The highest BCUT2D eigenvalue weighted by Crippen LogP contribution is 2.08. The maximum Gasteiger partial charge on any atom is 0.214 e. The number of nitrogens with zero attached hydrogens (tertiary/aromatic N) is 2. The zero-order valence-corrected chi connectivity index (χ0v) is 5.66. The molecule has 2 aromatic heterocycles. The molecule has 3 heteroatoms. The van der Waals surface area contributed by atoms with Crippen LogP contribution in [0.5, 0.6) is 0 Å². The summed E-state index contributed by atoms with van der Waals surface area (Å²) in [5.74, 6) is -0.490. The molecule has 0 aliphatic heterocycles. The van der Waals surface area contributed by atoms with Crippen LogP contribution in [0.15, 0.2) is 30.6 Å². The molecule has 0 amide bonds. The van der Waals surface area contributed by atoms with Crippen LogP contribution in [-0.2, 0) is 0 Å². The van der Waals surface area contributed by atoms with Gasteiger partial charge in [0.05, 0.1) is 5.52 Å². The SMILES string of the molecule is Fc1cc2ncccc2cn1. The Morgan fingerprint density at radius 3 is 3.09 bits per heavy atom. The lowest BCUT2D eigenvalue weighted by Gasteiger charge is -1.93. The Balaban J connectivity index is 2.83. The predicted molar refractivity (Wildman–Crippen MR) is 39.5 cm³/mol. The van der Waals surface area contributed by atoms with Crippen LogP contribution in [-0.4, -0.2) is 9.97 Å². The van der Waals surface area contributed by atoms with E-state index >= 15 is 0 Å². The summed E-state index contributed by atoms with van der Waals surface area (Å²) in [4.78, 5) is 7.46. The number of pyridine rings is 2. The van der Waals surface area contributed by atoms with Crippen molar-refractivity contribution in [2.24, 2.45) is 0 Å². The van der Waals surface area contributed by atoms with Crippen LogP contribution in [0.4, 0.5) is 4.39 Å². The molecule has 0 saturated heterocycles. The van der Waals surface area contributed by atoms with E-state index in [1.807, 2.05) is 6.07 Å².